The number of nitro groups is 1. The molecule has 1 rings (SSSR count). The Kier molecular flexibility index (Phi) is 28.8. The van der Waals surface area contributed by atoms with Crippen molar-refractivity contribution in [2.75, 3.05) is 113 Å². The molecule has 13 nitrogen and oxygen atoms in total. The molecule has 0 aliphatic carbocycles. The van der Waals surface area contributed by atoms with Gasteiger partial charge < -0.3 is 47.4 Å². The maximum atomic E-state index is 10.2. The van der Waals surface area contributed by atoms with Gasteiger partial charge in [-0.1, -0.05) is 5.92 Å². The van der Waals surface area contributed by atoms with E-state index in [2.05, 4.69) is 5.92 Å². The van der Waals surface area contributed by atoms with E-state index in [1.807, 2.05) is 0 Å². The van der Waals surface area contributed by atoms with Crippen molar-refractivity contribution >= 4 is 12.0 Å². The minimum absolute atomic E-state index is 0.0748. The summed E-state index contributed by atoms with van der Waals surface area (Å²) in [5.41, 5.74) is 0.0748. The first-order valence-electron chi connectivity index (χ1n) is 12.9. The predicted octanol–water partition coefficient (Wildman–Crippen LogP) is 1.94. The quantitative estimate of drug-likeness (QED) is 0.0499. The van der Waals surface area contributed by atoms with Crippen LogP contribution in [-0.2, 0) is 42.7 Å². The third kappa shape index (κ3) is 26.9. The average Bonchev–Trinajstić information content (AvgIpc) is 2.97. The van der Waals surface area contributed by atoms with E-state index in [1.165, 1.54) is 19.2 Å². The van der Waals surface area contributed by atoms with Gasteiger partial charge in [0, 0.05) is 18.6 Å². The number of aldehydes is 1. The van der Waals surface area contributed by atoms with Crippen molar-refractivity contribution in [3.63, 3.8) is 0 Å². The molecule has 0 saturated carbocycles. The molecule has 0 radical (unpaired) electrons. The number of rotatable bonds is 27. The van der Waals surface area contributed by atoms with Gasteiger partial charge in [-0.15, -0.1) is 6.42 Å². The summed E-state index contributed by atoms with van der Waals surface area (Å²) in [5, 5.41) is 10.2. The molecule has 40 heavy (non-hydrogen) atoms. The fraction of sp³-hybridized carbons (Fsp3) is 0.667. The lowest BCUT2D eigenvalue weighted by Crippen LogP contribution is -2.15. The highest BCUT2D eigenvalue weighted by atomic mass is 16.6. The Balaban J connectivity index is 0.00000114. The first-order chi connectivity index (χ1) is 19.7. The van der Waals surface area contributed by atoms with E-state index in [4.69, 9.17) is 49.1 Å². The molecule has 0 saturated heterocycles. The topological polar surface area (TPSA) is 143 Å². The van der Waals surface area contributed by atoms with Gasteiger partial charge in [0.2, 0.25) is 0 Å². The van der Waals surface area contributed by atoms with E-state index in [0.29, 0.717) is 118 Å². The summed E-state index contributed by atoms with van der Waals surface area (Å²) in [6.07, 6.45) is 6.30. The minimum atomic E-state index is -0.445. The molecule has 13 heteroatoms. The Morgan fingerprint density at radius 1 is 0.675 bits per heavy atom. The van der Waals surface area contributed by atoms with E-state index in [0.717, 1.165) is 6.29 Å². The number of non-ortho nitro benzene ring substituents is 1. The largest absolute Gasteiger partial charge is 0.497 e. The van der Waals surface area contributed by atoms with Crippen LogP contribution in [0.5, 0.6) is 5.75 Å². The van der Waals surface area contributed by atoms with Crippen LogP contribution in [0.3, 0.4) is 0 Å². The number of carbonyl (C=O) groups is 1. The van der Waals surface area contributed by atoms with Gasteiger partial charge in [0.05, 0.1) is 111 Å². The highest BCUT2D eigenvalue weighted by Crippen LogP contribution is 2.16. The fourth-order valence-electron chi connectivity index (χ4n) is 2.51. The highest BCUT2D eigenvalue weighted by molar-refractivity contribution is 5.49. The number of ether oxygens (including phenoxy) is 9. The van der Waals surface area contributed by atoms with Gasteiger partial charge in [-0.05, 0) is 12.1 Å². The second-order valence-corrected chi connectivity index (χ2v) is 7.45. The molecule has 0 aromatic heterocycles. The normalized spacial score (nSPS) is 10.4. The van der Waals surface area contributed by atoms with Gasteiger partial charge in [-0.3, -0.25) is 10.1 Å². The summed E-state index contributed by atoms with van der Waals surface area (Å²) in [6, 6.07) is 5.91. The van der Waals surface area contributed by atoms with Gasteiger partial charge in [-0.25, -0.2) is 0 Å². The summed E-state index contributed by atoms with van der Waals surface area (Å²) < 4.78 is 47.2. The molecular weight excluding hydrogens is 530 g/mol. The maximum Gasteiger partial charge on any atom is 0.269 e. The van der Waals surface area contributed by atoms with Gasteiger partial charge >= 0.3 is 0 Å². The lowest BCUT2D eigenvalue weighted by atomic mass is 10.3. The van der Waals surface area contributed by atoms with E-state index in [1.54, 1.807) is 12.1 Å². The van der Waals surface area contributed by atoms with Gasteiger partial charge in [0.1, 0.15) is 18.6 Å². The number of nitro benzene ring substituents is 1. The SMILES string of the molecule is C#CCOCCOCCOCCOCCOCCOCCOCCOCCC=O.COc1ccc([N+](=O)[O-])cc1. The standard InChI is InChI=1S/C20H36O9.C7H7NO3/c1-2-5-22-7-9-24-11-13-26-15-17-28-19-20-29-18-16-27-14-12-25-10-8-23-6-3-4-21;1-11-7-4-2-6(3-5-7)8(9)10/h1,4H,3,5-20H2;2-5H,1H3. The second-order valence-electron chi connectivity index (χ2n) is 7.45. The first-order valence-corrected chi connectivity index (χ1v) is 12.9. The van der Waals surface area contributed by atoms with Crippen LogP contribution in [0.1, 0.15) is 6.42 Å². The van der Waals surface area contributed by atoms with Gasteiger partial charge in [-0.2, -0.15) is 0 Å². The Bertz CT molecular complexity index is 742. The Hall–Kier alpha value is -2.67. The van der Waals surface area contributed by atoms with Gasteiger partial charge in [0.15, 0.2) is 0 Å². The molecule has 0 amide bonds. The van der Waals surface area contributed by atoms with Crippen molar-refractivity contribution < 1.29 is 52.3 Å². The van der Waals surface area contributed by atoms with Crippen molar-refractivity contribution in [2.24, 2.45) is 0 Å². The third-order valence-electron chi connectivity index (χ3n) is 4.45. The molecule has 0 aliphatic heterocycles. The monoisotopic (exact) mass is 573 g/mol. The Morgan fingerprint density at radius 3 is 1.32 bits per heavy atom. The molecule has 0 unspecified atom stereocenters. The van der Waals surface area contributed by atoms with Crippen LogP contribution in [0.25, 0.3) is 0 Å². The number of methoxy groups -OCH3 is 1. The number of nitrogens with zero attached hydrogens (tertiary/aromatic N) is 1. The van der Waals surface area contributed by atoms with Crippen molar-refractivity contribution in [3.05, 3.63) is 34.4 Å². The van der Waals surface area contributed by atoms with Crippen LogP contribution in [0.15, 0.2) is 24.3 Å². The molecule has 0 fully saturated rings. The zero-order valence-corrected chi connectivity index (χ0v) is 23.3. The summed E-state index contributed by atoms with van der Waals surface area (Å²) >= 11 is 0. The van der Waals surface area contributed by atoms with Crippen LogP contribution in [0, 0.1) is 22.5 Å². The second kappa shape index (κ2) is 30.9. The molecule has 0 N–H and O–H groups in total. The average molecular weight is 574 g/mol. The first kappa shape index (κ1) is 37.3. The molecule has 0 heterocycles. The summed E-state index contributed by atoms with van der Waals surface area (Å²) in [6.45, 7) is 7.86. The Morgan fingerprint density at radius 2 is 1.02 bits per heavy atom. The van der Waals surface area contributed by atoms with E-state index in [9.17, 15) is 14.9 Å². The zero-order valence-electron chi connectivity index (χ0n) is 23.3. The summed E-state index contributed by atoms with van der Waals surface area (Å²) in [5.74, 6) is 3.01. The van der Waals surface area contributed by atoms with Crippen molar-refractivity contribution in [2.45, 2.75) is 6.42 Å². The van der Waals surface area contributed by atoms with Crippen LogP contribution < -0.4 is 4.74 Å². The molecule has 0 aliphatic rings. The number of hydrogen-bond donors (Lipinski definition) is 0. The fourth-order valence-corrected chi connectivity index (χ4v) is 2.51. The third-order valence-corrected chi connectivity index (χ3v) is 4.45. The van der Waals surface area contributed by atoms with Crippen LogP contribution >= 0.6 is 0 Å². The molecule has 1 aromatic rings. The van der Waals surface area contributed by atoms with Crippen molar-refractivity contribution in [1.82, 2.24) is 0 Å². The Labute approximate surface area is 236 Å². The minimum Gasteiger partial charge on any atom is -0.497 e. The molecular formula is C27H43NO12. The van der Waals surface area contributed by atoms with Crippen LogP contribution in [-0.4, -0.2) is 124 Å². The number of terminal acetylenes is 1. The number of benzene rings is 1. The highest BCUT2D eigenvalue weighted by Gasteiger charge is 2.02. The van der Waals surface area contributed by atoms with Gasteiger partial charge in [0.25, 0.3) is 5.69 Å². The zero-order chi connectivity index (χ0) is 29.4. The lowest BCUT2D eigenvalue weighted by molar-refractivity contribution is -0.384. The van der Waals surface area contributed by atoms with Crippen LogP contribution in [0.4, 0.5) is 5.69 Å². The van der Waals surface area contributed by atoms with E-state index >= 15 is 0 Å². The summed E-state index contributed by atoms with van der Waals surface area (Å²) in [7, 11) is 1.52. The molecule has 0 atom stereocenters. The molecule has 228 valence electrons. The van der Waals surface area contributed by atoms with Crippen molar-refractivity contribution in [3.8, 4) is 18.1 Å². The predicted molar refractivity (Wildman–Crippen MR) is 146 cm³/mol. The molecule has 1 aromatic carbocycles. The van der Waals surface area contributed by atoms with Crippen molar-refractivity contribution in [1.29, 1.82) is 0 Å². The molecule has 0 bridgehead atoms. The van der Waals surface area contributed by atoms with E-state index in [-0.39, 0.29) is 5.69 Å². The maximum absolute atomic E-state index is 10.2. The van der Waals surface area contributed by atoms with E-state index < -0.39 is 4.92 Å². The molecule has 0 spiro atoms. The van der Waals surface area contributed by atoms with Crippen LogP contribution in [0.2, 0.25) is 0 Å². The summed E-state index contributed by atoms with van der Waals surface area (Å²) in [4.78, 5) is 19.8. The smallest absolute Gasteiger partial charge is 0.269 e. The number of carbonyl (C=O) groups excluding carboxylic acids is 1. The lowest BCUT2D eigenvalue weighted by Gasteiger charge is -2.08. The number of hydrogen-bond acceptors (Lipinski definition) is 12.